The van der Waals surface area contributed by atoms with Gasteiger partial charge in [0.1, 0.15) is 5.15 Å². The van der Waals surface area contributed by atoms with Gasteiger partial charge in [-0.3, -0.25) is 0 Å². The number of benzene rings is 1. The van der Waals surface area contributed by atoms with Gasteiger partial charge >= 0.3 is 0 Å². The van der Waals surface area contributed by atoms with Crippen LogP contribution in [0, 0.1) is 0 Å². The van der Waals surface area contributed by atoms with Crippen LogP contribution in [0.2, 0.25) is 5.15 Å². The third-order valence-electron chi connectivity index (χ3n) is 4.23. The first-order valence-electron chi connectivity index (χ1n) is 8.02. The second-order valence-electron chi connectivity index (χ2n) is 5.82. The Morgan fingerprint density at radius 2 is 1.84 bits per heavy atom. The predicted molar refractivity (Wildman–Crippen MR) is 97.6 cm³/mol. The smallest absolute Gasteiger partial charge is 0.243 e. The summed E-state index contributed by atoms with van der Waals surface area (Å²) in [4.78, 5) is 8.38. The van der Waals surface area contributed by atoms with Crippen molar-refractivity contribution in [3.63, 3.8) is 0 Å². The van der Waals surface area contributed by atoms with Crippen LogP contribution in [0.15, 0.2) is 41.4 Å². The molecule has 0 atom stereocenters. The van der Waals surface area contributed by atoms with Gasteiger partial charge in [0.2, 0.25) is 16.0 Å². The molecule has 2 aromatic rings. The summed E-state index contributed by atoms with van der Waals surface area (Å²) in [5, 5.41) is 6.53. The van der Waals surface area contributed by atoms with E-state index in [1.54, 1.807) is 40.8 Å². The van der Waals surface area contributed by atoms with E-state index in [0.29, 0.717) is 35.9 Å². The summed E-state index contributed by atoms with van der Waals surface area (Å²) >= 11 is 5.82. The molecule has 1 aliphatic rings. The number of hydrogen-bond donors (Lipinski definition) is 2. The van der Waals surface area contributed by atoms with Gasteiger partial charge in [-0.05, 0) is 50.2 Å². The van der Waals surface area contributed by atoms with Crippen LogP contribution in [-0.2, 0) is 10.0 Å². The van der Waals surface area contributed by atoms with Crippen molar-refractivity contribution in [2.45, 2.75) is 23.8 Å². The zero-order valence-electron chi connectivity index (χ0n) is 13.8. The van der Waals surface area contributed by atoms with Crippen molar-refractivity contribution in [1.82, 2.24) is 19.6 Å². The Balaban J connectivity index is 1.71. The molecule has 1 aromatic carbocycles. The highest BCUT2D eigenvalue weighted by Gasteiger charge is 2.28. The Labute approximate surface area is 152 Å². The lowest BCUT2D eigenvalue weighted by molar-refractivity contribution is 0.298. The van der Waals surface area contributed by atoms with Crippen LogP contribution in [0.5, 0.6) is 0 Å². The molecule has 0 bridgehead atoms. The highest BCUT2D eigenvalue weighted by molar-refractivity contribution is 7.89. The predicted octanol–water partition coefficient (Wildman–Crippen LogP) is 2.25. The SMILES string of the molecule is CNC1CCN(S(=O)(=O)c2ccc(Nc3nccc(Cl)n3)cc2)CC1. The van der Waals surface area contributed by atoms with Crippen molar-refractivity contribution in [1.29, 1.82) is 0 Å². The normalized spacial score (nSPS) is 16.7. The first-order chi connectivity index (χ1) is 12.0. The van der Waals surface area contributed by atoms with Gasteiger partial charge in [-0.2, -0.15) is 4.31 Å². The molecular weight excluding hydrogens is 362 g/mol. The number of sulfonamides is 1. The van der Waals surface area contributed by atoms with Crippen molar-refractivity contribution in [3.05, 3.63) is 41.7 Å². The number of halogens is 1. The molecule has 7 nitrogen and oxygen atoms in total. The molecule has 0 spiro atoms. The summed E-state index contributed by atoms with van der Waals surface area (Å²) in [6, 6.07) is 8.53. The molecule has 25 heavy (non-hydrogen) atoms. The lowest BCUT2D eigenvalue weighted by Gasteiger charge is -2.31. The number of rotatable bonds is 5. The minimum Gasteiger partial charge on any atom is -0.324 e. The molecule has 3 rings (SSSR count). The quantitative estimate of drug-likeness (QED) is 0.772. The Morgan fingerprint density at radius 3 is 2.44 bits per heavy atom. The third kappa shape index (κ3) is 4.27. The van der Waals surface area contributed by atoms with Crippen molar-refractivity contribution in [2.75, 3.05) is 25.5 Å². The first-order valence-corrected chi connectivity index (χ1v) is 9.84. The van der Waals surface area contributed by atoms with Crippen molar-refractivity contribution >= 4 is 33.3 Å². The van der Waals surface area contributed by atoms with Crippen molar-refractivity contribution < 1.29 is 8.42 Å². The maximum absolute atomic E-state index is 12.7. The average molecular weight is 382 g/mol. The molecule has 1 aromatic heterocycles. The number of anilines is 2. The fourth-order valence-electron chi connectivity index (χ4n) is 2.77. The number of aromatic nitrogens is 2. The molecule has 2 heterocycles. The van der Waals surface area contributed by atoms with Crippen LogP contribution in [0.1, 0.15) is 12.8 Å². The molecule has 1 saturated heterocycles. The maximum atomic E-state index is 12.7. The van der Waals surface area contributed by atoms with Gasteiger partial charge in [0.05, 0.1) is 4.90 Å². The summed E-state index contributed by atoms with van der Waals surface area (Å²) in [6.07, 6.45) is 3.19. The van der Waals surface area contributed by atoms with Crippen molar-refractivity contribution in [3.8, 4) is 0 Å². The molecule has 0 aliphatic carbocycles. The number of piperidine rings is 1. The summed E-state index contributed by atoms with van der Waals surface area (Å²) < 4.78 is 27.0. The van der Waals surface area contributed by atoms with E-state index in [9.17, 15) is 8.42 Å². The van der Waals surface area contributed by atoms with Crippen LogP contribution < -0.4 is 10.6 Å². The van der Waals surface area contributed by atoms with Crippen LogP contribution >= 0.6 is 11.6 Å². The number of nitrogens with one attached hydrogen (secondary N) is 2. The van der Waals surface area contributed by atoms with Crippen LogP contribution in [0.3, 0.4) is 0 Å². The second kappa shape index (κ2) is 7.65. The van der Waals surface area contributed by atoms with Crippen LogP contribution in [-0.4, -0.2) is 48.9 Å². The highest BCUT2D eigenvalue weighted by Crippen LogP contribution is 2.23. The molecule has 1 aliphatic heterocycles. The molecule has 0 amide bonds. The van der Waals surface area contributed by atoms with E-state index < -0.39 is 10.0 Å². The van der Waals surface area contributed by atoms with Crippen molar-refractivity contribution in [2.24, 2.45) is 0 Å². The molecule has 0 unspecified atom stereocenters. The van der Waals surface area contributed by atoms with E-state index in [-0.39, 0.29) is 4.90 Å². The molecule has 1 fully saturated rings. The lowest BCUT2D eigenvalue weighted by atomic mass is 10.1. The second-order valence-corrected chi connectivity index (χ2v) is 8.14. The fraction of sp³-hybridized carbons (Fsp3) is 0.375. The average Bonchev–Trinajstić information content (AvgIpc) is 2.62. The van der Waals surface area contributed by atoms with Gasteiger partial charge in [0.15, 0.2) is 0 Å². The van der Waals surface area contributed by atoms with E-state index in [4.69, 9.17) is 11.6 Å². The minimum atomic E-state index is -3.46. The summed E-state index contributed by atoms with van der Waals surface area (Å²) in [6.45, 7) is 1.06. The van der Waals surface area contributed by atoms with Gasteiger partial charge in [0.25, 0.3) is 0 Å². The van der Waals surface area contributed by atoms with Gasteiger partial charge < -0.3 is 10.6 Å². The summed E-state index contributed by atoms with van der Waals surface area (Å²) in [5.74, 6) is 0.359. The lowest BCUT2D eigenvalue weighted by Crippen LogP contribution is -2.43. The summed E-state index contributed by atoms with van der Waals surface area (Å²) in [7, 11) is -1.56. The largest absolute Gasteiger partial charge is 0.324 e. The number of nitrogens with zero attached hydrogens (tertiary/aromatic N) is 3. The van der Waals surface area contributed by atoms with Gasteiger partial charge in [-0.25, -0.2) is 18.4 Å². The Bertz CT molecular complexity index is 821. The fourth-order valence-corrected chi connectivity index (χ4v) is 4.38. The zero-order valence-corrected chi connectivity index (χ0v) is 15.4. The molecule has 2 N–H and O–H groups in total. The van der Waals surface area contributed by atoms with E-state index in [2.05, 4.69) is 20.6 Å². The molecule has 9 heteroatoms. The van der Waals surface area contributed by atoms with Gasteiger partial charge in [-0.15, -0.1) is 0 Å². The molecule has 134 valence electrons. The third-order valence-corrected chi connectivity index (χ3v) is 6.36. The summed E-state index contributed by atoms with van der Waals surface area (Å²) in [5.41, 5.74) is 0.690. The van der Waals surface area contributed by atoms with E-state index in [0.717, 1.165) is 12.8 Å². The highest BCUT2D eigenvalue weighted by atomic mass is 35.5. The van der Waals surface area contributed by atoms with E-state index >= 15 is 0 Å². The Morgan fingerprint density at radius 1 is 1.16 bits per heavy atom. The minimum absolute atomic E-state index is 0.285. The topological polar surface area (TPSA) is 87.2 Å². The van der Waals surface area contributed by atoms with E-state index in [1.165, 1.54) is 0 Å². The Hall–Kier alpha value is -1.74. The zero-order chi connectivity index (χ0) is 17.9. The van der Waals surface area contributed by atoms with Crippen LogP contribution in [0.25, 0.3) is 0 Å². The molecule has 0 radical (unpaired) electrons. The number of hydrogen-bond acceptors (Lipinski definition) is 6. The van der Waals surface area contributed by atoms with Gasteiger partial charge in [0, 0.05) is 31.0 Å². The van der Waals surface area contributed by atoms with E-state index in [1.807, 2.05) is 7.05 Å². The Kier molecular flexibility index (Phi) is 5.53. The monoisotopic (exact) mass is 381 g/mol. The first kappa shape index (κ1) is 18.1. The molecule has 0 saturated carbocycles. The van der Waals surface area contributed by atoms with Gasteiger partial charge in [-0.1, -0.05) is 11.6 Å². The van der Waals surface area contributed by atoms with Crippen LogP contribution in [0.4, 0.5) is 11.6 Å². The molecular formula is C16H20ClN5O2S. The maximum Gasteiger partial charge on any atom is 0.243 e. The standard InChI is InChI=1S/C16H20ClN5O2S/c1-18-12-7-10-22(11-8-12)25(23,24)14-4-2-13(3-5-14)20-16-19-9-6-15(17)21-16/h2-6,9,12,18H,7-8,10-11H2,1H3,(H,19,20,21).